The zero-order chi connectivity index (χ0) is 13.2. The average Bonchev–Trinajstić information content (AvgIpc) is 2.30. The molecule has 1 aromatic heterocycles. The Hall–Kier alpha value is -0.950. The van der Waals surface area contributed by atoms with E-state index in [2.05, 4.69) is 20.6 Å². The highest BCUT2D eigenvalue weighted by Gasteiger charge is 2.33. The number of halogens is 2. The Kier molecular flexibility index (Phi) is 4.01. The van der Waals surface area contributed by atoms with Gasteiger partial charge in [-0.05, 0) is 6.92 Å². The van der Waals surface area contributed by atoms with E-state index in [0.717, 1.165) is 13.1 Å². The lowest BCUT2D eigenvalue weighted by Crippen LogP contribution is -2.59. The highest BCUT2D eigenvalue weighted by Crippen LogP contribution is 2.25. The van der Waals surface area contributed by atoms with Crippen LogP contribution in [-0.4, -0.2) is 41.2 Å². The van der Waals surface area contributed by atoms with Crippen molar-refractivity contribution in [2.45, 2.75) is 12.5 Å². The van der Waals surface area contributed by atoms with Crippen LogP contribution in [-0.2, 0) is 9.53 Å². The molecule has 2 rings (SSSR count). The van der Waals surface area contributed by atoms with Crippen molar-refractivity contribution in [3.63, 3.8) is 0 Å². The van der Waals surface area contributed by atoms with Crippen LogP contribution in [0.25, 0.3) is 0 Å². The fourth-order valence-electron chi connectivity index (χ4n) is 1.42. The molecule has 1 aromatic rings. The molecule has 2 heterocycles. The van der Waals surface area contributed by atoms with Crippen LogP contribution < -0.4 is 10.6 Å². The summed E-state index contributed by atoms with van der Waals surface area (Å²) < 4.78 is 5.48. The number of amides is 1. The van der Waals surface area contributed by atoms with E-state index in [1.165, 1.54) is 6.33 Å². The van der Waals surface area contributed by atoms with Crippen molar-refractivity contribution in [2.75, 3.05) is 25.0 Å². The first-order valence-electron chi connectivity index (χ1n) is 5.31. The molecule has 0 spiro atoms. The maximum absolute atomic E-state index is 11.6. The zero-order valence-electron chi connectivity index (χ0n) is 9.67. The summed E-state index contributed by atoms with van der Waals surface area (Å²) in [5, 5.41) is 5.81. The maximum atomic E-state index is 11.6. The average molecular weight is 291 g/mol. The predicted octanol–water partition coefficient (Wildman–Crippen LogP) is 1.10. The van der Waals surface area contributed by atoms with Gasteiger partial charge in [-0.3, -0.25) is 4.79 Å². The van der Waals surface area contributed by atoms with Crippen molar-refractivity contribution in [3.05, 3.63) is 16.5 Å². The van der Waals surface area contributed by atoms with Gasteiger partial charge in [0.15, 0.2) is 11.0 Å². The molecule has 1 saturated heterocycles. The molecule has 1 aliphatic rings. The van der Waals surface area contributed by atoms with Crippen molar-refractivity contribution in [1.82, 2.24) is 15.3 Å². The minimum Gasteiger partial charge on any atom is -0.363 e. The summed E-state index contributed by atoms with van der Waals surface area (Å²) in [5.74, 6) is -0.151. The number of nitrogens with one attached hydrogen (secondary N) is 2. The summed E-state index contributed by atoms with van der Waals surface area (Å²) in [7, 11) is 0. The summed E-state index contributed by atoms with van der Waals surface area (Å²) in [6.07, 6.45) is 1.22. The first kappa shape index (κ1) is 13.5. The van der Waals surface area contributed by atoms with Crippen LogP contribution in [0.3, 0.4) is 0 Å². The monoisotopic (exact) mass is 290 g/mol. The molecule has 1 aliphatic heterocycles. The van der Waals surface area contributed by atoms with E-state index in [4.69, 9.17) is 27.9 Å². The van der Waals surface area contributed by atoms with Gasteiger partial charge in [-0.1, -0.05) is 23.2 Å². The second-order valence-electron chi connectivity index (χ2n) is 4.22. The van der Waals surface area contributed by atoms with Crippen LogP contribution >= 0.6 is 23.2 Å². The fraction of sp³-hybridized carbons (Fsp3) is 0.500. The Balaban J connectivity index is 1.89. The van der Waals surface area contributed by atoms with Crippen molar-refractivity contribution in [2.24, 2.45) is 0 Å². The van der Waals surface area contributed by atoms with Gasteiger partial charge >= 0.3 is 0 Å². The normalized spacial score (nSPS) is 17.1. The van der Waals surface area contributed by atoms with Gasteiger partial charge in [-0.25, -0.2) is 9.97 Å². The molecular formula is C10H12Cl2N4O2. The summed E-state index contributed by atoms with van der Waals surface area (Å²) in [5.41, 5.74) is -0.273. The molecule has 0 bridgehead atoms. The number of carbonyl (C=O) groups excluding carboxylic acids is 1. The van der Waals surface area contributed by atoms with Gasteiger partial charge in [0, 0.05) is 13.1 Å². The lowest BCUT2D eigenvalue weighted by Gasteiger charge is -2.38. The Morgan fingerprint density at radius 1 is 1.56 bits per heavy atom. The molecule has 18 heavy (non-hydrogen) atoms. The number of carbonyl (C=O) groups is 1. The van der Waals surface area contributed by atoms with Crippen molar-refractivity contribution >= 4 is 34.9 Å². The molecule has 0 aliphatic carbocycles. The third-order valence-electron chi connectivity index (χ3n) is 2.55. The summed E-state index contributed by atoms with van der Waals surface area (Å²) >= 11 is 11.5. The summed E-state index contributed by atoms with van der Waals surface area (Å²) in [4.78, 5) is 19.2. The van der Waals surface area contributed by atoms with E-state index < -0.39 is 0 Å². The standard InChI is InChI=1S/C10H12Cl2N4O2/c1-10(3-13-4-10)18-2-6(17)16-9-7(11)8(12)14-5-15-9/h5,13H,2-4H2,1H3,(H,14,15,16,17). The molecule has 1 amide bonds. The van der Waals surface area contributed by atoms with Gasteiger partial charge in [-0.2, -0.15) is 0 Å². The van der Waals surface area contributed by atoms with E-state index in [9.17, 15) is 4.79 Å². The molecular weight excluding hydrogens is 279 g/mol. The Morgan fingerprint density at radius 3 is 2.89 bits per heavy atom. The minimum atomic E-state index is -0.334. The minimum absolute atomic E-state index is 0.0594. The van der Waals surface area contributed by atoms with Crippen LogP contribution in [0.15, 0.2) is 6.33 Å². The molecule has 0 atom stereocenters. The van der Waals surface area contributed by atoms with Gasteiger partial charge in [0.1, 0.15) is 18.0 Å². The third-order valence-corrected chi connectivity index (χ3v) is 3.30. The highest BCUT2D eigenvalue weighted by atomic mass is 35.5. The van der Waals surface area contributed by atoms with Gasteiger partial charge < -0.3 is 15.4 Å². The van der Waals surface area contributed by atoms with Crippen LogP contribution in [0.1, 0.15) is 6.92 Å². The second kappa shape index (κ2) is 5.36. The first-order chi connectivity index (χ1) is 8.50. The number of nitrogens with zero attached hydrogens (tertiary/aromatic N) is 2. The van der Waals surface area contributed by atoms with Crippen molar-refractivity contribution < 1.29 is 9.53 Å². The molecule has 0 radical (unpaired) electrons. The topological polar surface area (TPSA) is 76.1 Å². The van der Waals surface area contributed by atoms with Crippen LogP contribution in [0, 0.1) is 0 Å². The SMILES string of the molecule is CC1(OCC(=O)Nc2ncnc(Cl)c2Cl)CNC1. The lowest BCUT2D eigenvalue weighted by molar-refractivity contribution is -0.130. The molecule has 2 N–H and O–H groups in total. The second-order valence-corrected chi connectivity index (χ2v) is 4.95. The van der Waals surface area contributed by atoms with E-state index in [0.29, 0.717) is 0 Å². The number of anilines is 1. The van der Waals surface area contributed by atoms with Gasteiger partial charge in [0.05, 0.1) is 5.60 Å². The molecule has 1 fully saturated rings. The number of ether oxygens (including phenoxy) is 1. The van der Waals surface area contributed by atoms with Crippen molar-refractivity contribution in [1.29, 1.82) is 0 Å². The fourth-order valence-corrected chi connectivity index (χ4v) is 1.70. The third kappa shape index (κ3) is 3.08. The number of hydrogen-bond donors (Lipinski definition) is 2. The lowest BCUT2D eigenvalue weighted by atomic mass is 10.0. The molecule has 98 valence electrons. The molecule has 0 aromatic carbocycles. The van der Waals surface area contributed by atoms with Gasteiger partial charge in [0.25, 0.3) is 5.91 Å². The summed E-state index contributed by atoms with van der Waals surface area (Å²) in [6.45, 7) is 3.35. The molecule has 0 unspecified atom stereocenters. The molecule has 6 nitrogen and oxygen atoms in total. The Morgan fingerprint density at radius 2 is 2.28 bits per heavy atom. The number of rotatable bonds is 4. The van der Waals surface area contributed by atoms with E-state index in [1.807, 2.05) is 6.92 Å². The summed E-state index contributed by atoms with van der Waals surface area (Å²) in [6, 6.07) is 0. The van der Waals surface area contributed by atoms with Crippen LogP contribution in [0.5, 0.6) is 0 Å². The quantitative estimate of drug-likeness (QED) is 0.812. The van der Waals surface area contributed by atoms with E-state index in [1.54, 1.807) is 0 Å². The maximum Gasteiger partial charge on any atom is 0.251 e. The molecule has 0 saturated carbocycles. The largest absolute Gasteiger partial charge is 0.363 e. The van der Waals surface area contributed by atoms with E-state index in [-0.39, 0.29) is 34.1 Å². The predicted molar refractivity (Wildman–Crippen MR) is 67.9 cm³/mol. The smallest absolute Gasteiger partial charge is 0.251 e. The number of hydrogen-bond acceptors (Lipinski definition) is 5. The van der Waals surface area contributed by atoms with Crippen molar-refractivity contribution in [3.8, 4) is 0 Å². The first-order valence-corrected chi connectivity index (χ1v) is 6.06. The Labute approximate surface area is 114 Å². The Bertz CT molecular complexity index is 465. The number of aromatic nitrogens is 2. The zero-order valence-corrected chi connectivity index (χ0v) is 11.2. The van der Waals surface area contributed by atoms with Crippen LogP contribution in [0.2, 0.25) is 10.2 Å². The van der Waals surface area contributed by atoms with Gasteiger partial charge in [0.2, 0.25) is 0 Å². The van der Waals surface area contributed by atoms with Crippen LogP contribution in [0.4, 0.5) is 5.82 Å². The highest BCUT2D eigenvalue weighted by molar-refractivity contribution is 6.42. The van der Waals surface area contributed by atoms with Gasteiger partial charge in [-0.15, -0.1) is 0 Å². The van der Waals surface area contributed by atoms with E-state index >= 15 is 0 Å². The molecule has 8 heteroatoms.